The minimum absolute atomic E-state index is 0.0434. The first-order valence-corrected chi connectivity index (χ1v) is 9.28. The largest absolute Gasteiger partial charge is 0.357 e. The van der Waals surface area contributed by atoms with Gasteiger partial charge in [0.1, 0.15) is 5.60 Å². The van der Waals surface area contributed by atoms with E-state index in [0.717, 1.165) is 32.5 Å². The van der Waals surface area contributed by atoms with Gasteiger partial charge >= 0.3 is 0 Å². The molecule has 3 rings (SSSR count). The van der Waals surface area contributed by atoms with Crippen molar-refractivity contribution in [1.82, 2.24) is 9.88 Å². The van der Waals surface area contributed by atoms with Crippen LogP contribution in [0, 0.1) is 11.8 Å². The molecule has 2 aliphatic heterocycles. The Hall–Kier alpha value is -1.37. The van der Waals surface area contributed by atoms with Gasteiger partial charge in [0, 0.05) is 18.9 Å². The number of rotatable bonds is 2. The molecule has 0 radical (unpaired) electrons. The average molecular weight is 326 g/mol. The summed E-state index contributed by atoms with van der Waals surface area (Å²) in [6, 6.07) is 4.24. The molecular formula is C21H30N2O. The fourth-order valence-corrected chi connectivity index (χ4v) is 4.08. The highest BCUT2D eigenvalue weighted by Crippen LogP contribution is 2.34. The average Bonchev–Trinajstić information content (AvgIpc) is 2.55. The molecule has 1 aromatic rings. The van der Waals surface area contributed by atoms with Crippen molar-refractivity contribution in [3.63, 3.8) is 0 Å². The molecule has 1 aromatic heterocycles. The molecule has 2 saturated heterocycles. The van der Waals surface area contributed by atoms with Crippen LogP contribution in [0.15, 0.2) is 24.5 Å². The van der Waals surface area contributed by atoms with Crippen LogP contribution in [0.2, 0.25) is 0 Å². The van der Waals surface area contributed by atoms with Crippen molar-refractivity contribution in [2.24, 2.45) is 0 Å². The lowest BCUT2D eigenvalue weighted by Crippen LogP contribution is -2.42. The molecule has 0 N–H and O–H groups in total. The number of ether oxygens (including phenoxy) is 1. The maximum atomic E-state index is 6.24. The molecule has 0 amide bonds. The summed E-state index contributed by atoms with van der Waals surface area (Å²) in [5.41, 5.74) is 1.04. The van der Waals surface area contributed by atoms with E-state index >= 15 is 0 Å². The molecule has 3 heterocycles. The Bertz CT molecular complexity index is 601. The van der Waals surface area contributed by atoms with Gasteiger partial charge in [0.25, 0.3) is 0 Å². The molecule has 0 saturated carbocycles. The number of hydrogen-bond acceptors (Lipinski definition) is 3. The molecule has 2 aliphatic rings. The van der Waals surface area contributed by atoms with Crippen molar-refractivity contribution in [1.29, 1.82) is 0 Å². The van der Waals surface area contributed by atoms with E-state index in [2.05, 4.69) is 48.6 Å². The highest BCUT2D eigenvalue weighted by molar-refractivity contribution is 5.18. The van der Waals surface area contributed by atoms with Gasteiger partial charge in [-0.15, -0.1) is 0 Å². The summed E-state index contributed by atoms with van der Waals surface area (Å²) in [6.45, 7) is 9.58. The van der Waals surface area contributed by atoms with Crippen molar-refractivity contribution in [2.45, 2.75) is 70.0 Å². The van der Waals surface area contributed by atoms with Gasteiger partial charge in [0.15, 0.2) is 0 Å². The minimum atomic E-state index is -0.277. The third kappa shape index (κ3) is 4.59. The standard InChI is InChI=1S/C21H30N2O/c1-20(2)10-6-11-21(3,24-20)12-7-15-23-14-5-9-19(17-23)18-8-4-13-22-16-18/h4,8,13,16,19H,5-6,9-11,14-15,17H2,1-3H3/t19-,21-/m1/s1. The van der Waals surface area contributed by atoms with E-state index in [4.69, 9.17) is 4.74 Å². The lowest BCUT2D eigenvalue weighted by atomic mass is 9.88. The van der Waals surface area contributed by atoms with Gasteiger partial charge in [0.2, 0.25) is 0 Å². The topological polar surface area (TPSA) is 25.4 Å². The third-order valence-corrected chi connectivity index (χ3v) is 5.25. The maximum Gasteiger partial charge on any atom is 0.126 e. The minimum Gasteiger partial charge on any atom is -0.357 e. The van der Waals surface area contributed by atoms with Crippen LogP contribution in [0.25, 0.3) is 0 Å². The monoisotopic (exact) mass is 326 g/mol. The second-order valence-corrected chi connectivity index (χ2v) is 8.11. The number of piperidine rings is 1. The van der Waals surface area contributed by atoms with E-state index in [1.54, 1.807) is 0 Å². The van der Waals surface area contributed by atoms with Gasteiger partial charge in [0.05, 0.1) is 12.1 Å². The van der Waals surface area contributed by atoms with Gasteiger partial charge in [-0.1, -0.05) is 17.9 Å². The first-order valence-electron chi connectivity index (χ1n) is 9.28. The Morgan fingerprint density at radius 3 is 2.92 bits per heavy atom. The molecule has 0 unspecified atom stereocenters. The second kappa shape index (κ2) is 7.25. The summed E-state index contributed by atoms with van der Waals surface area (Å²) < 4.78 is 6.24. The Balaban J connectivity index is 1.57. The zero-order chi connectivity index (χ0) is 17.0. The first kappa shape index (κ1) is 17.5. The molecule has 0 bridgehead atoms. The molecule has 24 heavy (non-hydrogen) atoms. The van der Waals surface area contributed by atoms with Crippen LogP contribution >= 0.6 is 0 Å². The highest BCUT2D eigenvalue weighted by atomic mass is 16.5. The van der Waals surface area contributed by atoms with Gasteiger partial charge in [-0.2, -0.15) is 0 Å². The Kier molecular flexibility index (Phi) is 5.27. The quantitative estimate of drug-likeness (QED) is 0.768. The summed E-state index contributed by atoms with van der Waals surface area (Å²) in [7, 11) is 0. The molecular weight excluding hydrogens is 296 g/mol. The van der Waals surface area contributed by atoms with E-state index in [-0.39, 0.29) is 11.2 Å². The van der Waals surface area contributed by atoms with Gasteiger partial charge in [-0.05, 0) is 77.0 Å². The SMILES string of the molecule is CC1(C)CCC[C@](C)(C#CCN2CCC[C@@H](c3cccnc3)C2)O1. The Labute approximate surface area is 146 Å². The smallest absolute Gasteiger partial charge is 0.126 e. The van der Waals surface area contributed by atoms with Gasteiger partial charge in [-0.3, -0.25) is 9.88 Å². The second-order valence-electron chi connectivity index (χ2n) is 8.11. The van der Waals surface area contributed by atoms with Crippen molar-refractivity contribution in [2.75, 3.05) is 19.6 Å². The van der Waals surface area contributed by atoms with Crippen molar-refractivity contribution in [3.05, 3.63) is 30.1 Å². The predicted octanol–water partition coefficient (Wildman–Crippen LogP) is 4.00. The maximum absolute atomic E-state index is 6.24. The molecule has 0 aromatic carbocycles. The number of pyridine rings is 1. The first-order chi connectivity index (χ1) is 11.5. The van der Waals surface area contributed by atoms with Crippen molar-refractivity contribution in [3.8, 4) is 11.8 Å². The molecule has 0 spiro atoms. The normalized spacial score (nSPS) is 30.4. The van der Waals surface area contributed by atoms with E-state index in [0.29, 0.717) is 5.92 Å². The van der Waals surface area contributed by atoms with Crippen LogP contribution in [-0.2, 0) is 4.74 Å². The van der Waals surface area contributed by atoms with Gasteiger partial charge in [-0.25, -0.2) is 0 Å². The Morgan fingerprint density at radius 2 is 2.17 bits per heavy atom. The van der Waals surface area contributed by atoms with Crippen LogP contribution in [0.5, 0.6) is 0 Å². The molecule has 130 valence electrons. The molecule has 2 fully saturated rings. The number of nitrogens with zero attached hydrogens (tertiary/aromatic N) is 2. The lowest BCUT2D eigenvalue weighted by Gasteiger charge is -2.40. The lowest BCUT2D eigenvalue weighted by molar-refractivity contribution is -0.135. The highest BCUT2D eigenvalue weighted by Gasteiger charge is 2.35. The van der Waals surface area contributed by atoms with Crippen LogP contribution in [0.1, 0.15) is 64.4 Å². The van der Waals surface area contributed by atoms with E-state index < -0.39 is 0 Å². The third-order valence-electron chi connectivity index (χ3n) is 5.25. The summed E-state index contributed by atoms with van der Waals surface area (Å²) in [6.07, 6.45) is 9.73. The summed E-state index contributed by atoms with van der Waals surface area (Å²) in [4.78, 5) is 6.75. The predicted molar refractivity (Wildman–Crippen MR) is 97.8 cm³/mol. The molecule has 0 aliphatic carbocycles. The van der Waals surface area contributed by atoms with Crippen molar-refractivity contribution >= 4 is 0 Å². The molecule has 2 atom stereocenters. The van der Waals surface area contributed by atoms with Crippen LogP contribution < -0.4 is 0 Å². The van der Waals surface area contributed by atoms with Crippen molar-refractivity contribution < 1.29 is 4.74 Å². The van der Waals surface area contributed by atoms with Gasteiger partial charge < -0.3 is 4.74 Å². The van der Waals surface area contributed by atoms with E-state index in [1.165, 1.54) is 24.8 Å². The molecule has 3 heteroatoms. The van der Waals surface area contributed by atoms with E-state index in [1.807, 2.05) is 18.5 Å². The van der Waals surface area contributed by atoms with Crippen LogP contribution in [-0.4, -0.2) is 40.7 Å². The fraction of sp³-hybridized carbons (Fsp3) is 0.667. The fourth-order valence-electron chi connectivity index (χ4n) is 4.08. The Morgan fingerprint density at radius 1 is 1.29 bits per heavy atom. The summed E-state index contributed by atoms with van der Waals surface area (Å²) in [5.74, 6) is 7.43. The molecule has 3 nitrogen and oxygen atoms in total. The number of hydrogen-bond donors (Lipinski definition) is 0. The number of aromatic nitrogens is 1. The number of likely N-dealkylation sites (tertiary alicyclic amines) is 1. The van der Waals surface area contributed by atoms with Crippen LogP contribution in [0.3, 0.4) is 0 Å². The van der Waals surface area contributed by atoms with Crippen LogP contribution in [0.4, 0.5) is 0 Å². The zero-order valence-electron chi connectivity index (χ0n) is 15.3. The summed E-state index contributed by atoms with van der Waals surface area (Å²) >= 11 is 0. The zero-order valence-corrected chi connectivity index (χ0v) is 15.3. The van der Waals surface area contributed by atoms with E-state index in [9.17, 15) is 0 Å². The summed E-state index contributed by atoms with van der Waals surface area (Å²) in [5, 5.41) is 0.